The van der Waals surface area contributed by atoms with E-state index in [1.54, 1.807) is 4.68 Å². The second-order valence-corrected chi connectivity index (χ2v) is 6.72. The van der Waals surface area contributed by atoms with Crippen LogP contribution in [0.15, 0.2) is 59.3 Å². The molecule has 0 saturated carbocycles. The lowest BCUT2D eigenvalue weighted by molar-refractivity contribution is 0.192. The molecule has 0 aliphatic carbocycles. The predicted molar refractivity (Wildman–Crippen MR) is 103 cm³/mol. The Balaban J connectivity index is 1.36. The summed E-state index contributed by atoms with van der Waals surface area (Å²) >= 11 is 5.35. The minimum Gasteiger partial charge on any atom is -0.414 e. The predicted octanol–water partition coefficient (Wildman–Crippen LogP) is 2.97. The van der Waals surface area contributed by atoms with Crippen molar-refractivity contribution in [3.63, 3.8) is 0 Å². The number of anilines is 1. The highest BCUT2D eigenvalue weighted by molar-refractivity contribution is 7.71. The topological polar surface area (TPSA) is 50.3 Å². The van der Waals surface area contributed by atoms with E-state index in [1.165, 1.54) is 11.3 Å². The molecule has 4 rings (SSSR count). The molecule has 6 nitrogen and oxygen atoms in total. The van der Waals surface area contributed by atoms with Crippen LogP contribution in [0, 0.1) is 4.84 Å². The molecule has 26 heavy (non-hydrogen) atoms. The van der Waals surface area contributed by atoms with Gasteiger partial charge >= 0.3 is 0 Å². The van der Waals surface area contributed by atoms with Gasteiger partial charge < -0.3 is 9.32 Å². The Hall–Kier alpha value is -2.51. The number of rotatable bonds is 5. The molecule has 3 heterocycles. The van der Waals surface area contributed by atoms with Gasteiger partial charge in [-0.15, -0.1) is 5.10 Å². The zero-order valence-corrected chi connectivity index (χ0v) is 15.3. The second kappa shape index (κ2) is 7.80. The van der Waals surface area contributed by atoms with Crippen molar-refractivity contribution in [1.82, 2.24) is 19.7 Å². The molecule has 0 unspecified atom stereocenters. The molecule has 1 fully saturated rings. The van der Waals surface area contributed by atoms with Crippen molar-refractivity contribution in [2.45, 2.75) is 13.1 Å². The van der Waals surface area contributed by atoms with Crippen molar-refractivity contribution in [2.24, 2.45) is 0 Å². The average Bonchev–Trinajstić information content (AvgIpc) is 3.03. The number of piperazine rings is 1. The van der Waals surface area contributed by atoms with Gasteiger partial charge in [-0.25, -0.2) is 4.68 Å². The van der Waals surface area contributed by atoms with Crippen molar-refractivity contribution in [3.8, 4) is 0 Å². The van der Waals surface area contributed by atoms with Gasteiger partial charge in [0.05, 0.1) is 13.1 Å². The van der Waals surface area contributed by atoms with Crippen LogP contribution in [0.5, 0.6) is 0 Å². The summed E-state index contributed by atoms with van der Waals surface area (Å²) in [5, 5.41) is 4.56. The van der Waals surface area contributed by atoms with Gasteiger partial charge in [-0.05, 0) is 29.9 Å². The molecule has 0 bridgehead atoms. The molecule has 0 spiro atoms. The highest BCUT2D eigenvalue weighted by atomic mass is 32.1. The van der Waals surface area contributed by atoms with E-state index >= 15 is 0 Å². The monoisotopic (exact) mass is 367 g/mol. The molecule has 2 aromatic heterocycles. The molecule has 3 aromatic rings. The van der Waals surface area contributed by atoms with E-state index in [1.807, 2.05) is 30.6 Å². The van der Waals surface area contributed by atoms with Crippen LogP contribution >= 0.6 is 12.2 Å². The first kappa shape index (κ1) is 16.9. The van der Waals surface area contributed by atoms with Crippen LogP contribution in [0.4, 0.5) is 5.69 Å². The van der Waals surface area contributed by atoms with E-state index in [9.17, 15) is 0 Å². The summed E-state index contributed by atoms with van der Waals surface area (Å²) in [6.07, 6.45) is 4.34. The van der Waals surface area contributed by atoms with Gasteiger partial charge in [0.15, 0.2) is 0 Å². The maximum absolute atomic E-state index is 5.67. The van der Waals surface area contributed by atoms with Gasteiger partial charge in [-0.3, -0.25) is 9.88 Å². The molecule has 1 aliphatic rings. The van der Waals surface area contributed by atoms with Crippen LogP contribution in [0.25, 0.3) is 0 Å². The van der Waals surface area contributed by atoms with Crippen LogP contribution in [0.2, 0.25) is 0 Å². The Labute approximate surface area is 157 Å². The van der Waals surface area contributed by atoms with Gasteiger partial charge in [-0.1, -0.05) is 30.3 Å². The van der Waals surface area contributed by atoms with Crippen LogP contribution in [-0.2, 0) is 13.1 Å². The fourth-order valence-corrected chi connectivity index (χ4v) is 3.37. The number of hydrogen-bond acceptors (Lipinski definition) is 6. The fraction of sp³-hybridized carbons (Fsp3) is 0.316. The number of hydrogen-bond donors (Lipinski definition) is 0. The first-order valence-corrected chi connectivity index (χ1v) is 9.17. The molecular formula is C19H21N5OS. The summed E-state index contributed by atoms with van der Waals surface area (Å²) in [4.78, 5) is 9.25. The van der Waals surface area contributed by atoms with Gasteiger partial charge in [0.25, 0.3) is 4.84 Å². The molecule has 1 aromatic carbocycles. The summed E-state index contributed by atoms with van der Waals surface area (Å²) in [6.45, 7) is 4.55. The molecule has 0 amide bonds. The summed E-state index contributed by atoms with van der Waals surface area (Å²) in [6, 6.07) is 14.3. The third-order valence-electron chi connectivity index (χ3n) is 4.58. The van der Waals surface area contributed by atoms with E-state index in [2.05, 4.69) is 44.1 Å². The Kier molecular flexibility index (Phi) is 5.08. The normalized spacial score (nSPS) is 15.3. The zero-order chi connectivity index (χ0) is 17.8. The highest BCUT2D eigenvalue weighted by Crippen LogP contribution is 2.15. The van der Waals surface area contributed by atoms with E-state index in [0.717, 1.165) is 26.2 Å². The third kappa shape index (κ3) is 4.00. The minimum absolute atomic E-state index is 0.437. The van der Waals surface area contributed by atoms with E-state index in [0.29, 0.717) is 23.8 Å². The molecule has 1 saturated heterocycles. The smallest absolute Gasteiger partial charge is 0.288 e. The fourth-order valence-electron chi connectivity index (χ4n) is 3.17. The quantitative estimate of drug-likeness (QED) is 0.646. The van der Waals surface area contributed by atoms with E-state index in [-0.39, 0.29) is 0 Å². The summed E-state index contributed by atoms with van der Waals surface area (Å²) < 4.78 is 7.46. The Bertz CT molecular complexity index is 885. The zero-order valence-electron chi connectivity index (χ0n) is 14.5. The van der Waals surface area contributed by atoms with Crippen LogP contribution in [-0.4, -0.2) is 45.8 Å². The van der Waals surface area contributed by atoms with Crippen molar-refractivity contribution >= 4 is 17.9 Å². The number of nitrogens with zero attached hydrogens (tertiary/aromatic N) is 5. The second-order valence-electron chi connectivity index (χ2n) is 6.38. The maximum atomic E-state index is 5.67. The average molecular weight is 367 g/mol. The molecule has 0 atom stereocenters. The summed E-state index contributed by atoms with van der Waals surface area (Å²) in [5.74, 6) is 0.664. The number of pyridine rings is 1. The van der Waals surface area contributed by atoms with Crippen molar-refractivity contribution in [2.75, 3.05) is 31.1 Å². The Morgan fingerprint density at radius 3 is 2.42 bits per heavy atom. The first-order valence-electron chi connectivity index (χ1n) is 8.76. The number of aromatic nitrogens is 3. The molecule has 0 radical (unpaired) electrons. The van der Waals surface area contributed by atoms with Crippen LogP contribution in [0.1, 0.15) is 11.5 Å². The first-order chi connectivity index (χ1) is 12.8. The van der Waals surface area contributed by atoms with Gasteiger partial charge in [0.2, 0.25) is 5.89 Å². The number of benzene rings is 1. The lowest BCUT2D eigenvalue weighted by Crippen LogP contribution is -2.46. The summed E-state index contributed by atoms with van der Waals surface area (Å²) in [7, 11) is 0. The highest BCUT2D eigenvalue weighted by Gasteiger charge is 2.18. The van der Waals surface area contributed by atoms with Gasteiger partial charge in [-0.2, -0.15) is 0 Å². The standard InChI is InChI=1S/C19H21N5OS/c26-19-24(21-18(25-19)14-16-4-2-1-3-5-16)15-22-10-12-23(13-11-22)17-6-8-20-9-7-17/h1-9H,10-15H2. The largest absolute Gasteiger partial charge is 0.414 e. The molecule has 134 valence electrons. The van der Waals surface area contributed by atoms with Crippen LogP contribution < -0.4 is 4.90 Å². The summed E-state index contributed by atoms with van der Waals surface area (Å²) in [5.41, 5.74) is 2.39. The van der Waals surface area contributed by atoms with Crippen molar-refractivity contribution in [3.05, 3.63) is 71.1 Å². The van der Waals surface area contributed by atoms with E-state index in [4.69, 9.17) is 16.6 Å². The van der Waals surface area contributed by atoms with Crippen molar-refractivity contribution < 1.29 is 4.42 Å². The minimum atomic E-state index is 0.437. The Morgan fingerprint density at radius 2 is 1.69 bits per heavy atom. The van der Waals surface area contributed by atoms with Crippen molar-refractivity contribution in [1.29, 1.82) is 0 Å². The lowest BCUT2D eigenvalue weighted by atomic mass is 10.2. The maximum Gasteiger partial charge on any atom is 0.288 e. The molecule has 0 N–H and O–H groups in total. The van der Waals surface area contributed by atoms with Gasteiger partial charge in [0, 0.05) is 44.3 Å². The van der Waals surface area contributed by atoms with Crippen LogP contribution in [0.3, 0.4) is 0 Å². The van der Waals surface area contributed by atoms with E-state index < -0.39 is 0 Å². The molecule has 1 aliphatic heterocycles. The third-order valence-corrected chi connectivity index (χ3v) is 4.87. The molecule has 7 heteroatoms. The lowest BCUT2D eigenvalue weighted by Gasteiger charge is -2.35. The Morgan fingerprint density at radius 1 is 0.962 bits per heavy atom. The van der Waals surface area contributed by atoms with Gasteiger partial charge in [0.1, 0.15) is 0 Å². The SMILES string of the molecule is S=c1oc(Cc2ccccc2)nn1CN1CCN(c2ccncc2)CC1. The molecular weight excluding hydrogens is 346 g/mol.